The van der Waals surface area contributed by atoms with Crippen molar-refractivity contribution in [3.05, 3.63) is 64.2 Å². The summed E-state index contributed by atoms with van der Waals surface area (Å²) in [6.07, 6.45) is 0. The fourth-order valence-electron chi connectivity index (χ4n) is 2.32. The summed E-state index contributed by atoms with van der Waals surface area (Å²) in [6.45, 7) is 2.96. The van der Waals surface area contributed by atoms with Gasteiger partial charge >= 0.3 is 0 Å². The summed E-state index contributed by atoms with van der Waals surface area (Å²) in [6, 6.07) is 10.4. The number of amides is 1. The number of sulfonamides is 1. The van der Waals surface area contributed by atoms with Crippen molar-refractivity contribution in [2.24, 2.45) is 0 Å². The number of carbonyl (C=O) groups excluding carboxylic acids is 1. The molecule has 0 unspecified atom stereocenters. The molecular weight excluding hydrogens is 437 g/mol. The Morgan fingerprint density at radius 3 is 2.52 bits per heavy atom. The molecule has 0 radical (unpaired) electrons. The third-order valence-corrected chi connectivity index (χ3v) is 6.72. The number of nitrogens with one attached hydrogen (secondary N) is 2. The van der Waals surface area contributed by atoms with E-state index in [0.717, 1.165) is 17.7 Å². The Hall–Kier alpha value is -2.49. The number of thiazole rings is 1. The van der Waals surface area contributed by atoms with Crippen LogP contribution in [0.15, 0.2) is 47.8 Å². The van der Waals surface area contributed by atoms with E-state index in [1.165, 1.54) is 31.3 Å². The van der Waals surface area contributed by atoms with Gasteiger partial charge < -0.3 is 0 Å². The zero-order chi connectivity index (χ0) is 21.2. The predicted octanol–water partition coefficient (Wildman–Crippen LogP) is 5.01. The minimum absolute atomic E-state index is 0.0149. The fourth-order valence-corrected chi connectivity index (χ4v) is 3.87. The molecule has 152 valence electrons. The summed E-state index contributed by atoms with van der Waals surface area (Å²) in [4.78, 5) is 17.0. The molecule has 0 aliphatic carbocycles. The first-order chi connectivity index (χ1) is 13.7. The molecule has 3 aromatic rings. The van der Waals surface area contributed by atoms with Crippen molar-refractivity contribution >= 4 is 49.7 Å². The van der Waals surface area contributed by atoms with E-state index in [0.29, 0.717) is 15.8 Å². The lowest BCUT2D eigenvalue weighted by molar-refractivity contribution is 0.102. The molecule has 0 saturated heterocycles. The summed E-state index contributed by atoms with van der Waals surface area (Å²) in [7, 11) is -3.75. The van der Waals surface area contributed by atoms with Crippen molar-refractivity contribution in [2.75, 3.05) is 10.0 Å². The number of carbonyl (C=O) groups is 1. The Morgan fingerprint density at radius 1 is 1.17 bits per heavy atom. The van der Waals surface area contributed by atoms with Crippen LogP contribution < -0.4 is 10.0 Å². The van der Waals surface area contributed by atoms with Gasteiger partial charge in [0.05, 0.1) is 22.2 Å². The molecule has 1 aromatic heterocycles. The van der Waals surface area contributed by atoms with E-state index in [1.807, 2.05) is 12.1 Å². The van der Waals surface area contributed by atoms with Crippen molar-refractivity contribution in [1.82, 2.24) is 4.98 Å². The van der Waals surface area contributed by atoms with Gasteiger partial charge in [-0.3, -0.25) is 14.8 Å². The van der Waals surface area contributed by atoms with Gasteiger partial charge in [-0.25, -0.2) is 17.8 Å². The fraction of sp³-hybridized carbons (Fsp3) is 0.158. The number of aromatic nitrogens is 1. The highest BCUT2D eigenvalue weighted by Gasteiger charge is 2.21. The summed E-state index contributed by atoms with van der Waals surface area (Å²) in [5, 5.41) is 4.57. The molecule has 2 aromatic carbocycles. The normalized spacial score (nSPS) is 11.5. The van der Waals surface area contributed by atoms with Crippen LogP contribution in [0, 0.1) is 5.82 Å². The number of benzene rings is 2. The predicted molar refractivity (Wildman–Crippen MR) is 115 cm³/mol. The van der Waals surface area contributed by atoms with Crippen LogP contribution >= 0.6 is 22.9 Å². The molecule has 0 spiro atoms. The Labute approximate surface area is 176 Å². The van der Waals surface area contributed by atoms with Crippen LogP contribution in [-0.4, -0.2) is 24.6 Å². The molecule has 0 atom stereocenters. The highest BCUT2D eigenvalue weighted by molar-refractivity contribution is 7.93. The lowest BCUT2D eigenvalue weighted by Gasteiger charge is -2.14. The lowest BCUT2D eigenvalue weighted by atomic mass is 10.1. The van der Waals surface area contributed by atoms with Crippen LogP contribution in [0.2, 0.25) is 5.02 Å². The Balaban J connectivity index is 1.84. The van der Waals surface area contributed by atoms with E-state index >= 15 is 0 Å². The zero-order valence-corrected chi connectivity index (χ0v) is 17.8. The molecule has 0 bridgehead atoms. The number of hydrogen-bond acceptors (Lipinski definition) is 5. The highest BCUT2D eigenvalue weighted by atomic mass is 35.5. The van der Waals surface area contributed by atoms with Crippen LogP contribution in [0.5, 0.6) is 0 Å². The molecule has 29 heavy (non-hydrogen) atoms. The minimum Gasteiger partial charge on any atom is -0.298 e. The van der Waals surface area contributed by atoms with E-state index in [9.17, 15) is 17.6 Å². The average Bonchev–Trinajstić information content (AvgIpc) is 3.10. The molecule has 0 saturated carbocycles. The van der Waals surface area contributed by atoms with Crippen LogP contribution in [0.3, 0.4) is 0 Å². The molecule has 10 heteroatoms. The van der Waals surface area contributed by atoms with E-state index in [1.54, 1.807) is 17.5 Å². The second-order valence-corrected chi connectivity index (χ2v) is 9.92. The van der Waals surface area contributed by atoms with Gasteiger partial charge in [-0.1, -0.05) is 23.7 Å². The van der Waals surface area contributed by atoms with E-state index in [2.05, 4.69) is 15.0 Å². The molecule has 6 nitrogen and oxygen atoms in total. The largest absolute Gasteiger partial charge is 0.298 e. The molecule has 2 N–H and O–H groups in total. The van der Waals surface area contributed by atoms with Crippen molar-refractivity contribution in [1.29, 1.82) is 0 Å². The molecular formula is C19H17ClFN3O3S2. The molecule has 0 aliphatic heterocycles. The Kier molecular flexibility index (Phi) is 6.21. The third kappa shape index (κ3) is 5.11. The number of nitrogens with zero attached hydrogens (tertiary/aromatic N) is 1. The van der Waals surface area contributed by atoms with Gasteiger partial charge in [-0.05, 0) is 44.2 Å². The first-order valence-electron chi connectivity index (χ1n) is 8.50. The maximum atomic E-state index is 13.6. The summed E-state index contributed by atoms with van der Waals surface area (Å²) in [5.74, 6) is -1.27. The summed E-state index contributed by atoms with van der Waals surface area (Å²) < 4.78 is 40.2. The summed E-state index contributed by atoms with van der Waals surface area (Å²) in [5.41, 5.74) is 1.34. The molecule has 3 rings (SSSR count). The van der Waals surface area contributed by atoms with Crippen molar-refractivity contribution in [2.45, 2.75) is 19.1 Å². The van der Waals surface area contributed by atoms with E-state index in [4.69, 9.17) is 11.6 Å². The van der Waals surface area contributed by atoms with Crippen LogP contribution in [-0.2, 0) is 10.0 Å². The monoisotopic (exact) mass is 453 g/mol. The molecule has 1 amide bonds. The van der Waals surface area contributed by atoms with Crippen molar-refractivity contribution < 1.29 is 17.6 Å². The van der Waals surface area contributed by atoms with Gasteiger partial charge in [0.1, 0.15) is 5.82 Å². The van der Waals surface area contributed by atoms with Crippen molar-refractivity contribution in [3.63, 3.8) is 0 Å². The van der Waals surface area contributed by atoms with Crippen molar-refractivity contribution in [3.8, 4) is 11.3 Å². The minimum atomic E-state index is -3.75. The maximum Gasteiger partial charge on any atom is 0.259 e. The molecule has 1 heterocycles. The standard InChI is InChI=1S/C19H17ClFN3O3S2/c1-11(2)29(26,27)24-16-9-14(21)7-8-15(16)18(25)23-19-22-17(10-28-19)12-3-5-13(20)6-4-12/h3-11,24H,1-2H3,(H,22,23,25). The van der Waals surface area contributed by atoms with Crippen LogP contribution in [0.25, 0.3) is 11.3 Å². The number of rotatable bonds is 6. The highest BCUT2D eigenvalue weighted by Crippen LogP contribution is 2.27. The van der Waals surface area contributed by atoms with Gasteiger partial charge in [-0.2, -0.15) is 0 Å². The third-order valence-electron chi connectivity index (χ3n) is 3.96. The number of anilines is 2. The Bertz CT molecular complexity index is 1150. The van der Waals surface area contributed by atoms with Gasteiger partial charge in [0, 0.05) is 16.0 Å². The quantitative estimate of drug-likeness (QED) is 0.549. The first kappa shape index (κ1) is 21.2. The van der Waals surface area contributed by atoms with Gasteiger partial charge in [0.2, 0.25) is 10.0 Å². The Morgan fingerprint density at radius 2 is 1.86 bits per heavy atom. The van der Waals surface area contributed by atoms with Crippen LogP contribution in [0.1, 0.15) is 24.2 Å². The van der Waals surface area contributed by atoms with Gasteiger partial charge in [-0.15, -0.1) is 11.3 Å². The topological polar surface area (TPSA) is 88.2 Å². The first-order valence-corrected chi connectivity index (χ1v) is 11.3. The number of halogens is 2. The number of hydrogen-bond donors (Lipinski definition) is 2. The van der Waals surface area contributed by atoms with E-state index < -0.39 is 27.0 Å². The maximum absolute atomic E-state index is 13.6. The van der Waals surface area contributed by atoms with Gasteiger partial charge in [0.25, 0.3) is 5.91 Å². The second kappa shape index (κ2) is 8.48. The second-order valence-electron chi connectivity index (χ2n) is 6.38. The molecule has 0 aliphatic rings. The summed E-state index contributed by atoms with van der Waals surface area (Å²) >= 11 is 7.09. The smallest absolute Gasteiger partial charge is 0.259 e. The molecule has 0 fully saturated rings. The van der Waals surface area contributed by atoms with E-state index in [-0.39, 0.29) is 11.3 Å². The van der Waals surface area contributed by atoms with Crippen LogP contribution in [0.4, 0.5) is 15.2 Å². The van der Waals surface area contributed by atoms with Gasteiger partial charge in [0.15, 0.2) is 5.13 Å². The zero-order valence-electron chi connectivity index (χ0n) is 15.4. The lowest BCUT2D eigenvalue weighted by Crippen LogP contribution is -2.24. The average molecular weight is 454 g/mol. The SMILES string of the molecule is CC(C)S(=O)(=O)Nc1cc(F)ccc1C(=O)Nc1nc(-c2ccc(Cl)cc2)cs1.